The third kappa shape index (κ3) is 4.38. The molecule has 230 valence electrons. The third-order valence-electron chi connectivity index (χ3n) is 9.55. The molecule has 0 atom stereocenters. The summed E-state index contributed by atoms with van der Waals surface area (Å²) < 4.78 is 4.45. The van der Waals surface area contributed by atoms with Crippen LogP contribution in [0.25, 0.3) is 86.9 Å². The van der Waals surface area contributed by atoms with Crippen LogP contribution in [0, 0.1) is 24.5 Å². The second-order valence-corrected chi connectivity index (χ2v) is 12.3. The first-order valence-corrected chi connectivity index (χ1v) is 16.2. The summed E-state index contributed by atoms with van der Waals surface area (Å²) in [6.07, 6.45) is 0. The van der Waals surface area contributed by atoms with Crippen molar-refractivity contribution in [3.05, 3.63) is 180 Å². The molecule has 0 N–H and O–H groups in total. The Balaban J connectivity index is 1.30. The standard InChI is InChI=1S/C45H25N5/c1-47-31-20-21-39-40-23-29(28-46)19-22-44(40)50(45(39)27-31)43-18-10-5-13-36(43)35-12-4-3-11-34(35)30-24-32(48-2)26-33(25-30)49-41-16-8-6-14-37(41)38-15-7-9-17-42(38)49/h3-27H. The van der Waals surface area contributed by atoms with E-state index in [9.17, 15) is 5.26 Å². The molecule has 9 aromatic rings. The minimum absolute atomic E-state index is 0.550. The number of nitriles is 1. The summed E-state index contributed by atoms with van der Waals surface area (Å²) in [7, 11) is 0. The van der Waals surface area contributed by atoms with Gasteiger partial charge in [0.2, 0.25) is 0 Å². The molecule has 50 heavy (non-hydrogen) atoms. The molecule has 0 unspecified atom stereocenters. The maximum Gasteiger partial charge on any atom is 0.189 e. The lowest BCUT2D eigenvalue weighted by Gasteiger charge is -2.18. The van der Waals surface area contributed by atoms with Crippen molar-refractivity contribution in [3.8, 4) is 39.7 Å². The number of aromatic nitrogens is 2. The summed E-state index contributed by atoms with van der Waals surface area (Å²) in [5.74, 6) is 0. The number of hydrogen-bond donors (Lipinski definition) is 0. The minimum Gasteiger partial charge on any atom is -0.310 e. The molecular weight excluding hydrogens is 611 g/mol. The highest BCUT2D eigenvalue weighted by atomic mass is 15.0. The van der Waals surface area contributed by atoms with Gasteiger partial charge in [0.15, 0.2) is 11.4 Å². The normalized spacial score (nSPS) is 11.1. The fraction of sp³-hybridized carbons (Fsp3) is 0. The van der Waals surface area contributed by atoms with Crippen LogP contribution in [0.1, 0.15) is 5.56 Å². The van der Waals surface area contributed by atoms with Gasteiger partial charge in [0, 0.05) is 38.3 Å². The average Bonchev–Trinajstić information content (AvgIpc) is 3.69. The van der Waals surface area contributed by atoms with E-state index in [1.165, 1.54) is 10.8 Å². The van der Waals surface area contributed by atoms with Gasteiger partial charge >= 0.3 is 0 Å². The topological polar surface area (TPSA) is 42.4 Å². The molecule has 0 saturated heterocycles. The van der Waals surface area contributed by atoms with Gasteiger partial charge in [-0.15, -0.1) is 0 Å². The summed E-state index contributed by atoms with van der Waals surface area (Å²) in [6.45, 7) is 15.8. The van der Waals surface area contributed by atoms with Crippen LogP contribution in [0.5, 0.6) is 0 Å². The van der Waals surface area contributed by atoms with E-state index in [0.717, 1.165) is 66.5 Å². The van der Waals surface area contributed by atoms with Crippen molar-refractivity contribution < 1.29 is 0 Å². The van der Waals surface area contributed by atoms with Crippen molar-refractivity contribution in [2.24, 2.45) is 0 Å². The van der Waals surface area contributed by atoms with Gasteiger partial charge in [0.05, 0.1) is 47.0 Å². The van der Waals surface area contributed by atoms with E-state index >= 15 is 0 Å². The Kier molecular flexibility index (Phi) is 6.56. The van der Waals surface area contributed by atoms with Crippen LogP contribution in [0.15, 0.2) is 152 Å². The largest absolute Gasteiger partial charge is 0.310 e. The van der Waals surface area contributed by atoms with Gasteiger partial charge in [-0.3, -0.25) is 0 Å². The SMILES string of the molecule is [C-]#[N+]c1cc(-c2ccccc2-c2ccccc2-n2c3ccc(C#N)cc3c3ccc([N+]#[C-])cc32)cc(-n2c3ccccc3c3ccccc32)c1. The summed E-state index contributed by atoms with van der Waals surface area (Å²) in [4.78, 5) is 7.67. The van der Waals surface area contributed by atoms with E-state index in [1.54, 1.807) is 0 Å². The Labute approximate surface area is 288 Å². The highest BCUT2D eigenvalue weighted by molar-refractivity contribution is 6.11. The van der Waals surface area contributed by atoms with E-state index < -0.39 is 0 Å². The van der Waals surface area contributed by atoms with Crippen LogP contribution in [-0.4, -0.2) is 9.13 Å². The van der Waals surface area contributed by atoms with Crippen molar-refractivity contribution in [3.63, 3.8) is 0 Å². The van der Waals surface area contributed by atoms with Gasteiger partial charge in [-0.05, 0) is 77.4 Å². The van der Waals surface area contributed by atoms with Crippen molar-refractivity contribution in [1.29, 1.82) is 5.26 Å². The van der Waals surface area contributed by atoms with Crippen LogP contribution in [0.2, 0.25) is 0 Å². The Bertz CT molecular complexity index is 2920. The summed E-state index contributed by atoms with van der Waals surface area (Å²) in [5.41, 5.74) is 11.6. The zero-order valence-electron chi connectivity index (χ0n) is 26.7. The van der Waals surface area contributed by atoms with Crippen molar-refractivity contribution in [1.82, 2.24) is 9.13 Å². The Morgan fingerprint density at radius 3 is 1.80 bits per heavy atom. The number of benzene rings is 7. The Hall–Kier alpha value is -7.39. The van der Waals surface area contributed by atoms with E-state index in [4.69, 9.17) is 13.1 Å². The molecule has 0 saturated carbocycles. The number of fused-ring (bicyclic) bond motifs is 6. The molecule has 5 heteroatoms. The van der Waals surface area contributed by atoms with E-state index in [-0.39, 0.29) is 0 Å². The second kappa shape index (κ2) is 11.4. The molecular formula is C45H25N5. The molecule has 7 aromatic carbocycles. The average molecular weight is 636 g/mol. The zero-order chi connectivity index (χ0) is 33.8. The molecule has 9 rings (SSSR count). The third-order valence-corrected chi connectivity index (χ3v) is 9.55. The van der Waals surface area contributed by atoms with Gasteiger partial charge in [0.1, 0.15) is 0 Å². The number of rotatable bonds is 4. The lowest BCUT2D eigenvalue weighted by molar-refractivity contribution is 1.18. The number of hydrogen-bond acceptors (Lipinski definition) is 1. The fourth-order valence-electron chi connectivity index (χ4n) is 7.42. The highest BCUT2D eigenvalue weighted by Crippen LogP contribution is 2.42. The lowest BCUT2D eigenvalue weighted by atomic mass is 9.93. The number of nitrogens with zero attached hydrogens (tertiary/aromatic N) is 5. The van der Waals surface area contributed by atoms with Gasteiger partial charge in [0.25, 0.3) is 0 Å². The molecule has 0 bridgehead atoms. The maximum atomic E-state index is 9.71. The summed E-state index contributed by atoms with van der Waals surface area (Å²) >= 11 is 0. The van der Waals surface area contributed by atoms with Crippen LogP contribution in [0.4, 0.5) is 11.4 Å². The lowest BCUT2D eigenvalue weighted by Crippen LogP contribution is -1.98. The van der Waals surface area contributed by atoms with Crippen molar-refractivity contribution >= 4 is 55.0 Å². The molecule has 0 spiro atoms. The highest BCUT2D eigenvalue weighted by Gasteiger charge is 2.19. The predicted octanol–water partition coefficient (Wildman–Crippen LogP) is 12.2. The first-order chi connectivity index (χ1) is 24.7. The molecule has 0 aliphatic rings. The molecule has 0 radical (unpaired) electrons. The molecule has 2 aromatic heterocycles. The van der Waals surface area contributed by atoms with Crippen LogP contribution in [0.3, 0.4) is 0 Å². The van der Waals surface area contributed by atoms with Gasteiger partial charge in [-0.1, -0.05) is 91.0 Å². The summed E-state index contributed by atoms with van der Waals surface area (Å²) in [5, 5.41) is 14.0. The van der Waals surface area contributed by atoms with E-state index in [0.29, 0.717) is 16.9 Å². The quantitative estimate of drug-likeness (QED) is 0.177. The van der Waals surface area contributed by atoms with Crippen LogP contribution < -0.4 is 0 Å². The molecule has 0 aliphatic heterocycles. The Morgan fingerprint density at radius 1 is 0.460 bits per heavy atom. The first kappa shape index (κ1) is 28.8. The van der Waals surface area contributed by atoms with Crippen LogP contribution in [-0.2, 0) is 0 Å². The number of para-hydroxylation sites is 3. The van der Waals surface area contributed by atoms with E-state index in [1.807, 2.05) is 72.8 Å². The minimum atomic E-state index is 0.550. The molecule has 5 nitrogen and oxygen atoms in total. The van der Waals surface area contributed by atoms with E-state index in [2.05, 4.69) is 104 Å². The van der Waals surface area contributed by atoms with Gasteiger partial charge < -0.3 is 9.13 Å². The molecule has 0 amide bonds. The molecule has 2 heterocycles. The Morgan fingerprint density at radius 2 is 1.08 bits per heavy atom. The summed E-state index contributed by atoms with van der Waals surface area (Å²) in [6, 6.07) is 53.3. The first-order valence-electron chi connectivity index (χ1n) is 16.2. The van der Waals surface area contributed by atoms with Gasteiger partial charge in [-0.25, -0.2) is 9.69 Å². The smallest absolute Gasteiger partial charge is 0.189 e. The molecule has 0 aliphatic carbocycles. The van der Waals surface area contributed by atoms with Gasteiger partial charge in [-0.2, -0.15) is 5.26 Å². The zero-order valence-corrected chi connectivity index (χ0v) is 26.7. The predicted molar refractivity (Wildman–Crippen MR) is 203 cm³/mol. The van der Waals surface area contributed by atoms with Crippen LogP contribution >= 0.6 is 0 Å². The fourth-order valence-corrected chi connectivity index (χ4v) is 7.42. The second-order valence-electron chi connectivity index (χ2n) is 12.3. The maximum absolute atomic E-state index is 9.71. The monoisotopic (exact) mass is 635 g/mol. The molecule has 0 fully saturated rings. The van der Waals surface area contributed by atoms with Crippen molar-refractivity contribution in [2.45, 2.75) is 0 Å². The van der Waals surface area contributed by atoms with Crippen molar-refractivity contribution in [2.75, 3.05) is 0 Å².